The van der Waals surface area contributed by atoms with Gasteiger partial charge < -0.3 is 0 Å². The highest BCUT2D eigenvalue weighted by atomic mass is 14.2. The third kappa shape index (κ3) is 3.37. The molecule has 21 heavy (non-hydrogen) atoms. The van der Waals surface area contributed by atoms with Gasteiger partial charge in [-0.2, -0.15) is 0 Å². The van der Waals surface area contributed by atoms with E-state index in [1.54, 1.807) is 0 Å². The average molecular weight is 279 g/mol. The Labute approximate surface area is 130 Å². The zero-order valence-electron chi connectivity index (χ0n) is 14.2. The highest BCUT2D eigenvalue weighted by molar-refractivity contribution is 5.70. The van der Waals surface area contributed by atoms with Crippen molar-refractivity contribution in [2.45, 2.75) is 59.3 Å². The van der Waals surface area contributed by atoms with Crippen molar-refractivity contribution < 1.29 is 0 Å². The predicted molar refractivity (Wildman–Crippen MR) is 93.0 cm³/mol. The fourth-order valence-corrected chi connectivity index (χ4v) is 2.95. The van der Waals surface area contributed by atoms with Gasteiger partial charge in [-0.05, 0) is 51.6 Å². The lowest BCUT2D eigenvalue weighted by Gasteiger charge is -2.21. The van der Waals surface area contributed by atoms with E-state index >= 15 is 0 Å². The van der Waals surface area contributed by atoms with Crippen LogP contribution < -0.4 is 0 Å². The van der Waals surface area contributed by atoms with E-state index in [9.17, 15) is 0 Å². The van der Waals surface area contributed by atoms with E-state index in [0.717, 1.165) is 0 Å². The van der Waals surface area contributed by atoms with Gasteiger partial charge in [0, 0.05) is 0 Å². The molecule has 0 aliphatic carbocycles. The lowest BCUT2D eigenvalue weighted by Crippen LogP contribution is -2.02. The van der Waals surface area contributed by atoms with Crippen LogP contribution in [0.3, 0.4) is 0 Å². The molecule has 0 saturated heterocycles. The van der Waals surface area contributed by atoms with Gasteiger partial charge in [-0.1, -0.05) is 77.9 Å². The Hall–Kier alpha value is -1.56. The Morgan fingerprint density at radius 2 is 1.38 bits per heavy atom. The minimum atomic E-state index is 0.515. The summed E-state index contributed by atoms with van der Waals surface area (Å²) < 4.78 is 0. The van der Waals surface area contributed by atoms with E-state index in [-0.39, 0.29) is 0 Å². The first kappa shape index (κ1) is 15.8. The standard InChI is InChI=1S/C21H27/c1-14(2)17-9-7-10-18(13-17)20-12-8-11-19(15(3)4)21(20)16(5)6/h7-12,14-16H,1-6H3. The molecule has 0 bridgehead atoms. The summed E-state index contributed by atoms with van der Waals surface area (Å²) in [5.41, 5.74) is 6.80. The molecule has 0 aromatic heterocycles. The van der Waals surface area contributed by atoms with Gasteiger partial charge >= 0.3 is 0 Å². The summed E-state index contributed by atoms with van der Waals surface area (Å²) in [6, 6.07) is 16.9. The van der Waals surface area contributed by atoms with E-state index in [2.05, 4.69) is 84.0 Å². The fraction of sp³-hybridized carbons (Fsp3) is 0.429. The molecule has 0 amide bonds. The largest absolute Gasteiger partial charge is 0.0613 e. The van der Waals surface area contributed by atoms with Crippen LogP contribution in [-0.4, -0.2) is 0 Å². The molecule has 0 saturated carbocycles. The molecule has 0 unspecified atom stereocenters. The van der Waals surface area contributed by atoms with Gasteiger partial charge in [-0.3, -0.25) is 0 Å². The Morgan fingerprint density at radius 3 is 1.95 bits per heavy atom. The first-order valence-corrected chi connectivity index (χ1v) is 8.07. The van der Waals surface area contributed by atoms with Crippen LogP contribution in [0.2, 0.25) is 0 Å². The van der Waals surface area contributed by atoms with Crippen molar-refractivity contribution in [1.82, 2.24) is 0 Å². The van der Waals surface area contributed by atoms with Gasteiger partial charge in [-0.15, -0.1) is 0 Å². The third-order valence-corrected chi connectivity index (χ3v) is 4.07. The van der Waals surface area contributed by atoms with Crippen molar-refractivity contribution in [3.8, 4) is 11.1 Å². The van der Waals surface area contributed by atoms with Crippen LogP contribution in [0.5, 0.6) is 0 Å². The minimum absolute atomic E-state index is 0.515. The van der Waals surface area contributed by atoms with E-state index in [0.29, 0.717) is 17.8 Å². The summed E-state index contributed by atoms with van der Waals surface area (Å²) in [7, 11) is 0. The van der Waals surface area contributed by atoms with Crippen LogP contribution in [-0.2, 0) is 0 Å². The molecule has 0 atom stereocenters. The van der Waals surface area contributed by atoms with Crippen LogP contribution in [0.25, 0.3) is 11.1 Å². The first-order valence-electron chi connectivity index (χ1n) is 8.07. The maximum absolute atomic E-state index is 3.62. The van der Waals surface area contributed by atoms with Crippen LogP contribution in [0.15, 0.2) is 36.4 Å². The average Bonchev–Trinajstić information content (AvgIpc) is 2.46. The molecular formula is C21H27. The SMILES string of the molecule is CC(C)c1[c]c(-c2cccc(C(C)C)c2C(C)C)ccc1. The molecule has 2 aromatic rings. The zero-order chi connectivity index (χ0) is 15.6. The topological polar surface area (TPSA) is 0 Å². The number of benzene rings is 2. The molecule has 0 heterocycles. The first-order chi connectivity index (χ1) is 9.91. The molecule has 0 heteroatoms. The second-order valence-electron chi connectivity index (χ2n) is 6.79. The van der Waals surface area contributed by atoms with E-state index in [1.165, 1.54) is 27.8 Å². The lowest BCUT2D eigenvalue weighted by molar-refractivity contribution is 0.792. The third-order valence-electron chi connectivity index (χ3n) is 4.07. The molecular weight excluding hydrogens is 252 g/mol. The summed E-state index contributed by atoms with van der Waals surface area (Å²) in [6.45, 7) is 13.6. The van der Waals surface area contributed by atoms with Crippen LogP contribution in [0.4, 0.5) is 0 Å². The van der Waals surface area contributed by atoms with Crippen molar-refractivity contribution in [3.63, 3.8) is 0 Å². The smallest absolute Gasteiger partial charge is 0.00615 e. The van der Waals surface area contributed by atoms with E-state index < -0.39 is 0 Å². The van der Waals surface area contributed by atoms with Crippen molar-refractivity contribution in [2.75, 3.05) is 0 Å². The van der Waals surface area contributed by atoms with Gasteiger partial charge in [0.15, 0.2) is 0 Å². The molecule has 111 valence electrons. The molecule has 0 aliphatic heterocycles. The number of hydrogen-bond acceptors (Lipinski definition) is 0. The van der Waals surface area contributed by atoms with Gasteiger partial charge in [0.2, 0.25) is 0 Å². The summed E-state index contributed by atoms with van der Waals surface area (Å²) in [4.78, 5) is 0. The van der Waals surface area contributed by atoms with Crippen molar-refractivity contribution in [2.24, 2.45) is 0 Å². The number of rotatable bonds is 4. The second-order valence-corrected chi connectivity index (χ2v) is 6.79. The summed E-state index contributed by atoms with van der Waals surface area (Å²) >= 11 is 0. The molecule has 0 nitrogen and oxygen atoms in total. The minimum Gasteiger partial charge on any atom is -0.0613 e. The van der Waals surface area contributed by atoms with E-state index in [1.807, 2.05) is 0 Å². The normalized spacial score (nSPS) is 11.7. The highest BCUT2D eigenvalue weighted by Gasteiger charge is 2.16. The maximum atomic E-state index is 3.62. The summed E-state index contributed by atoms with van der Waals surface area (Å²) in [6.07, 6.45) is 0. The Morgan fingerprint density at radius 1 is 0.714 bits per heavy atom. The van der Waals surface area contributed by atoms with Crippen molar-refractivity contribution >= 4 is 0 Å². The predicted octanol–water partition coefficient (Wildman–Crippen LogP) is 6.52. The summed E-state index contributed by atoms with van der Waals surface area (Å²) in [5.74, 6) is 1.59. The van der Waals surface area contributed by atoms with Gasteiger partial charge in [0.25, 0.3) is 0 Å². The van der Waals surface area contributed by atoms with Crippen molar-refractivity contribution in [3.05, 3.63) is 59.2 Å². The molecule has 2 rings (SSSR count). The molecule has 2 aromatic carbocycles. The number of hydrogen-bond donors (Lipinski definition) is 0. The van der Waals surface area contributed by atoms with Gasteiger partial charge in [0.05, 0.1) is 0 Å². The molecule has 0 spiro atoms. The van der Waals surface area contributed by atoms with Crippen LogP contribution in [0, 0.1) is 6.07 Å². The van der Waals surface area contributed by atoms with E-state index in [4.69, 9.17) is 0 Å². The maximum Gasteiger partial charge on any atom is -0.00615 e. The Balaban J connectivity index is 2.63. The fourth-order valence-electron chi connectivity index (χ4n) is 2.95. The molecule has 0 fully saturated rings. The van der Waals surface area contributed by atoms with Gasteiger partial charge in [-0.25, -0.2) is 0 Å². The zero-order valence-corrected chi connectivity index (χ0v) is 14.2. The Kier molecular flexibility index (Phi) is 4.88. The Bertz CT molecular complexity index is 603. The monoisotopic (exact) mass is 279 g/mol. The highest BCUT2D eigenvalue weighted by Crippen LogP contribution is 2.35. The molecule has 0 aliphatic rings. The second kappa shape index (κ2) is 6.47. The van der Waals surface area contributed by atoms with Crippen LogP contribution >= 0.6 is 0 Å². The molecule has 0 N–H and O–H groups in total. The van der Waals surface area contributed by atoms with Gasteiger partial charge in [0.1, 0.15) is 0 Å². The van der Waals surface area contributed by atoms with Crippen LogP contribution in [0.1, 0.15) is 76.0 Å². The summed E-state index contributed by atoms with van der Waals surface area (Å²) in [5, 5.41) is 0. The molecule has 1 radical (unpaired) electrons. The quantitative estimate of drug-likeness (QED) is 0.597. The lowest BCUT2D eigenvalue weighted by atomic mass is 9.84. The van der Waals surface area contributed by atoms with Crippen molar-refractivity contribution in [1.29, 1.82) is 0 Å².